The van der Waals surface area contributed by atoms with Crippen LogP contribution in [0.1, 0.15) is 18.1 Å². The van der Waals surface area contributed by atoms with Gasteiger partial charge in [0, 0.05) is 10.2 Å². The number of rotatable bonds is 5. The molecule has 0 saturated heterocycles. The summed E-state index contributed by atoms with van der Waals surface area (Å²) in [4.78, 5) is 11.9. The topological polar surface area (TPSA) is 38.3 Å². The van der Waals surface area contributed by atoms with Crippen LogP contribution < -0.4 is 10.1 Å². The van der Waals surface area contributed by atoms with Gasteiger partial charge < -0.3 is 10.1 Å². The molecule has 0 aliphatic carbocycles. The number of carbonyl (C=O) groups is 1. The van der Waals surface area contributed by atoms with Gasteiger partial charge >= 0.3 is 0 Å². The number of halogens is 1. The zero-order valence-electron chi connectivity index (χ0n) is 12.2. The van der Waals surface area contributed by atoms with E-state index in [1.807, 2.05) is 49.4 Å². The summed E-state index contributed by atoms with van der Waals surface area (Å²) in [5, 5.41) is 2.81. The maximum Gasteiger partial charge on any atom is 0.262 e. The summed E-state index contributed by atoms with van der Waals surface area (Å²) in [6.07, 6.45) is 0.989. The van der Waals surface area contributed by atoms with E-state index in [0.29, 0.717) is 5.75 Å². The van der Waals surface area contributed by atoms with Gasteiger partial charge in [0.05, 0.1) is 0 Å². The molecule has 3 nitrogen and oxygen atoms in total. The summed E-state index contributed by atoms with van der Waals surface area (Å²) in [6.45, 7) is 4.10. The molecule has 2 rings (SSSR count). The van der Waals surface area contributed by atoms with Crippen LogP contribution in [-0.4, -0.2) is 12.5 Å². The summed E-state index contributed by atoms with van der Waals surface area (Å²) < 4.78 is 6.44. The van der Waals surface area contributed by atoms with Crippen LogP contribution in [0.4, 0.5) is 5.69 Å². The molecule has 0 saturated carbocycles. The molecule has 2 aromatic carbocycles. The Balaban J connectivity index is 1.87. The predicted molar refractivity (Wildman–Crippen MR) is 88.8 cm³/mol. The van der Waals surface area contributed by atoms with Crippen LogP contribution in [0.15, 0.2) is 46.9 Å². The van der Waals surface area contributed by atoms with Gasteiger partial charge in [-0.2, -0.15) is 0 Å². The number of ether oxygens (including phenoxy) is 1. The van der Waals surface area contributed by atoms with Crippen LogP contribution >= 0.6 is 15.9 Å². The molecule has 2 aromatic rings. The Labute approximate surface area is 133 Å². The zero-order valence-corrected chi connectivity index (χ0v) is 13.7. The molecule has 0 atom stereocenters. The van der Waals surface area contributed by atoms with Crippen LogP contribution in [0.3, 0.4) is 0 Å². The number of carbonyl (C=O) groups excluding carboxylic acids is 1. The van der Waals surface area contributed by atoms with Crippen LogP contribution in [0.2, 0.25) is 0 Å². The molecule has 0 fully saturated rings. The maximum atomic E-state index is 11.9. The van der Waals surface area contributed by atoms with E-state index in [9.17, 15) is 4.79 Å². The van der Waals surface area contributed by atoms with Crippen molar-refractivity contribution >= 4 is 27.5 Å². The van der Waals surface area contributed by atoms with Crippen LogP contribution in [0.25, 0.3) is 0 Å². The van der Waals surface area contributed by atoms with Crippen LogP contribution in [0, 0.1) is 6.92 Å². The van der Waals surface area contributed by atoms with Gasteiger partial charge in [-0.1, -0.05) is 41.1 Å². The van der Waals surface area contributed by atoms with E-state index in [1.165, 1.54) is 5.56 Å². The molecule has 1 N–H and O–H groups in total. The number of amides is 1. The van der Waals surface area contributed by atoms with Crippen molar-refractivity contribution < 1.29 is 9.53 Å². The third-order valence-electron chi connectivity index (χ3n) is 3.16. The number of benzene rings is 2. The van der Waals surface area contributed by atoms with Crippen molar-refractivity contribution in [1.82, 2.24) is 0 Å². The molecule has 0 spiro atoms. The lowest BCUT2D eigenvalue weighted by molar-refractivity contribution is -0.118. The first-order valence-electron chi connectivity index (χ1n) is 6.86. The zero-order chi connectivity index (χ0) is 15.2. The fraction of sp³-hybridized carbons (Fsp3) is 0.235. The Hall–Kier alpha value is -1.81. The molecule has 0 radical (unpaired) electrons. The average molecular weight is 348 g/mol. The molecule has 0 unspecified atom stereocenters. The number of nitrogens with one attached hydrogen (secondary N) is 1. The van der Waals surface area contributed by atoms with Gasteiger partial charge in [-0.05, 0) is 48.7 Å². The highest BCUT2D eigenvalue weighted by Crippen LogP contribution is 2.20. The summed E-state index contributed by atoms with van der Waals surface area (Å²) in [5.74, 6) is 0.526. The largest absolute Gasteiger partial charge is 0.484 e. The Kier molecular flexibility index (Phi) is 5.39. The van der Waals surface area contributed by atoms with Gasteiger partial charge in [0.1, 0.15) is 5.75 Å². The molecule has 21 heavy (non-hydrogen) atoms. The molecule has 0 aromatic heterocycles. The summed E-state index contributed by atoms with van der Waals surface area (Å²) in [7, 11) is 0. The molecule has 1 amide bonds. The first-order chi connectivity index (χ1) is 10.1. The van der Waals surface area contributed by atoms with E-state index in [2.05, 4.69) is 28.2 Å². The van der Waals surface area contributed by atoms with Gasteiger partial charge in [0.25, 0.3) is 5.91 Å². The maximum absolute atomic E-state index is 11.9. The van der Waals surface area contributed by atoms with E-state index in [1.54, 1.807) is 0 Å². The summed E-state index contributed by atoms with van der Waals surface area (Å²) >= 11 is 3.44. The number of anilines is 1. The number of aryl methyl sites for hydroxylation is 2. The number of hydrogen-bond acceptors (Lipinski definition) is 2. The third kappa shape index (κ3) is 4.60. The molecular weight excluding hydrogens is 330 g/mol. The first-order valence-corrected chi connectivity index (χ1v) is 7.65. The lowest BCUT2D eigenvalue weighted by Gasteiger charge is -2.09. The van der Waals surface area contributed by atoms with E-state index < -0.39 is 0 Å². The molecule has 0 bridgehead atoms. The summed E-state index contributed by atoms with van der Waals surface area (Å²) in [5.41, 5.74) is 3.12. The fourth-order valence-corrected chi connectivity index (χ4v) is 2.22. The van der Waals surface area contributed by atoms with E-state index >= 15 is 0 Å². The minimum Gasteiger partial charge on any atom is -0.484 e. The monoisotopic (exact) mass is 347 g/mol. The highest BCUT2D eigenvalue weighted by molar-refractivity contribution is 9.10. The molecule has 0 aliphatic rings. The molecule has 110 valence electrons. The normalized spacial score (nSPS) is 10.2. The van der Waals surface area contributed by atoms with Gasteiger partial charge in [-0.3, -0.25) is 4.79 Å². The summed E-state index contributed by atoms with van der Waals surface area (Å²) in [6, 6.07) is 13.5. The molecular formula is C17H18BrNO2. The van der Waals surface area contributed by atoms with Crippen molar-refractivity contribution in [3.63, 3.8) is 0 Å². The lowest BCUT2D eigenvalue weighted by Crippen LogP contribution is -2.20. The Morgan fingerprint density at radius 2 is 1.90 bits per heavy atom. The Bertz CT molecular complexity index is 623. The van der Waals surface area contributed by atoms with Crippen molar-refractivity contribution in [3.05, 3.63) is 58.1 Å². The minimum absolute atomic E-state index is 0.00301. The van der Waals surface area contributed by atoms with Gasteiger partial charge in [0.15, 0.2) is 6.61 Å². The van der Waals surface area contributed by atoms with Crippen molar-refractivity contribution in [2.24, 2.45) is 0 Å². The second-order valence-corrected chi connectivity index (χ2v) is 5.65. The van der Waals surface area contributed by atoms with Crippen molar-refractivity contribution in [2.75, 3.05) is 11.9 Å². The Morgan fingerprint density at radius 3 is 2.52 bits per heavy atom. The third-order valence-corrected chi connectivity index (χ3v) is 4.01. The first kappa shape index (κ1) is 15.6. The Morgan fingerprint density at radius 1 is 1.19 bits per heavy atom. The van der Waals surface area contributed by atoms with Gasteiger partial charge in [0.2, 0.25) is 0 Å². The SMILES string of the molecule is CCc1ccc(OCC(=O)Nc2ccc(C)c(Br)c2)cc1. The number of hydrogen-bond donors (Lipinski definition) is 1. The van der Waals surface area contributed by atoms with E-state index in [4.69, 9.17) is 4.74 Å². The fourth-order valence-electron chi connectivity index (χ4n) is 1.84. The highest BCUT2D eigenvalue weighted by Gasteiger charge is 2.05. The van der Waals surface area contributed by atoms with Crippen molar-refractivity contribution in [3.8, 4) is 5.75 Å². The van der Waals surface area contributed by atoms with Crippen LogP contribution in [-0.2, 0) is 11.2 Å². The van der Waals surface area contributed by atoms with Crippen LogP contribution in [0.5, 0.6) is 5.75 Å². The lowest BCUT2D eigenvalue weighted by atomic mass is 10.2. The van der Waals surface area contributed by atoms with Crippen molar-refractivity contribution in [1.29, 1.82) is 0 Å². The highest BCUT2D eigenvalue weighted by atomic mass is 79.9. The average Bonchev–Trinajstić information content (AvgIpc) is 2.49. The quantitative estimate of drug-likeness (QED) is 0.873. The van der Waals surface area contributed by atoms with E-state index in [-0.39, 0.29) is 12.5 Å². The second-order valence-electron chi connectivity index (χ2n) is 4.80. The van der Waals surface area contributed by atoms with Gasteiger partial charge in [-0.25, -0.2) is 0 Å². The standard InChI is InChI=1S/C17H18BrNO2/c1-3-13-5-8-15(9-6-13)21-11-17(20)19-14-7-4-12(2)16(18)10-14/h4-10H,3,11H2,1-2H3,(H,19,20). The predicted octanol–water partition coefficient (Wildman–Crippen LogP) is 4.34. The molecule has 0 heterocycles. The smallest absolute Gasteiger partial charge is 0.262 e. The molecule has 4 heteroatoms. The van der Waals surface area contributed by atoms with Gasteiger partial charge in [-0.15, -0.1) is 0 Å². The minimum atomic E-state index is -0.176. The van der Waals surface area contributed by atoms with E-state index in [0.717, 1.165) is 22.1 Å². The van der Waals surface area contributed by atoms with Crippen molar-refractivity contribution in [2.45, 2.75) is 20.3 Å². The molecule has 0 aliphatic heterocycles. The second kappa shape index (κ2) is 7.27.